The van der Waals surface area contributed by atoms with Gasteiger partial charge in [-0.2, -0.15) is 0 Å². The highest BCUT2D eigenvalue weighted by molar-refractivity contribution is 6.30. The number of anilines is 1. The lowest BCUT2D eigenvalue weighted by Gasteiger charge is -2.59. The fourth-order valence-corrected chi connectivity index (χ4v) is 5.85. The van der Waals surface area contributed by atoms with E-state index >= 15 is 0 Å². The van der Waals surface area contributed by atoms with Gasteiger partial charge in [-0.25, -0.2) is 14.2 Å². The van der Waals surface area contributed by atoms with Crippen LogP contribution in [0.1, 0.15) is 56.2 Å². The summed E-state index contributed by atoms with van der Waals surface area (Å²) < 4.78 is 20.9. The Labute approximate surface area is 214 Å². The number of aromatic nitrogens is 4. The van der Waals surface area contributed by atoms with Crippen LogP contribution in [0.4, 0.5) is 15.0 Å². The van der Waals surface area contributed by atoms with Crippen LogP contribution in [0.3, 0.4) is 0 Å². The third-order valence-corrected chi connectivity index (χ3v) is 7.91. The number of fused-ring (bicyclic) bond motifs is 3. The molecule has 2 aromatic heterocycles. The van der Waals surface area contributed by atoms with Crippen molar-refractivity contribution in [2.24, 2.45) is 5.41 Å². The third-order valence-electron chi connectivity index (χ3n) is 7.68. The fourth-order valence-electron chi connectivity index (χ4n) is 5.66. The Hall–Kier alpha value is -3.20. The molecule has 0 N–H and O–H groups in total. The molecule has 8 nitrogen and oxygen atoms in total. The van der Waals surface area contributed by atoms with Gasteiger partial charge in [0, 0.05) is 29.4 Å². The number of carbonyl (C=O) groups is 1. The summed E-state index contributed by atoms with van der Waals surface area (Å²) in [5.41, 5.74) is 2.13. The minimum absolute atomic E-state index is 0.161. The van der Waals surface area contributed by atoms with E-state index in [0.29, 0.717) is 18.1 Å². The maximum Gasteiger partial charge on any atom is 0.410 e. The molecule has 1 aromatic carbocycles. The van der Waals surface area contributed by atoms with E-state index in [9.17, 15) is 9.18 Å². The molecule has 0 radical (unpaired) electrons. The largest absolute Gasteiger partial charge is 0.446 e. The van der Waals surface area contributed by atoms with Crippen molar-refractivity contribution in [1.82, 2.24) is 24.6 Å². The minimum Gasteiger partial charge on any atom is -0.446 e. The number of amides is 1. The van der Waals surface area contributed by atoms with Gasteiger partial charge in [0.15, 0.2) is 5.82 Å². The Morgan fingerprint density at radius 1 is 1.22 bits per heavy atom. The molecule has 1 amide bonds. The van der Waals surface area contributed by atoms with Gasteiger partial charge >= 0.3 is 6.09 Å². The summed E-state index contributed by atoms with van der Waals surface area (Å²) >= 11 is 6.34. The Balaban J connectivity index is 1.23. The topological polar surface area (TPSA) is 76.4 Å². The van der Waals surface area contributed by atoms with Gasteiger partial charge in [0.2, 0.25) is 0 Å². The Kier molecular flexibility index (Phi) is 5.63. The maximum absolute atomic E-state index is 13.2. The van der Waals surface area contributed by atoms with E-state index < -0.39 is 0 Å². The number of rotatable bonds is 4. The van der Waals surface area contributed by atoms with E-state index in [-0.39, 0.29) is 29.3 Å². The summed E-state index contributed by atoms with van der Waals surface area (Å²) in [7, 11) is 0. The second-order valence-electron chi connectivity index (χ2n) is 10.3. The molecule has 6 rings (SSSR count). The van der Waals surface area contributed by atoms with Crippen LogP contribution in [0.2, 0.25) is 5.02 Å². The highest BCUT2D eigenvalue weighted by atomic mass is 35.5. The lowest BCUT2D eigenvalue weighted by molar-refractivity contribution is 0.0581. The van der Waals surface area contributed by atoms with Crippen LogP contribution in [0.5, 0.6) is 0 Å². The Bertz CT molecular complexity index is 1300. The van der Waals surface area contributed by atoms with Crippen molar-refractivity contribution >= 4 is 23.5 Å². The van der Waals surface area contributed by atoms with Crippen LogP contribution in [-0.4, -0.2) is 49.9 Å². The van der Waals surface area contributed by atoms with Gasteiger partial charge in [0.1, 0.15) is 23.6 Å². The molecule has 36 heavy (non-hydrogen) atoms. The van der Waals surface area contributed by atoms with Crippen molar-refractivity contribution in [2.75, 3.05) is 18.0 Å². The van der Waals surface area contributed by atoms with Gasteiger partial charge in [-0.15, -0.1) is 10.2 Å². The smallest absolute Gasteiger partial charge is 0.410 e. The van der Waals surface area contributed by atoms with Crippen molar-refractivity contribution in [3.8, 4) is 5.69 Å². The summed E-state index contributed by atoms with van der Waals surface area (Å²) in [6.07, 6.45) is 3.50. The van der Waals surface area contributed by atoms with Crippen molar-refractivity contribution in [3.63, 3.8) is 0 Å². The monoisotopic (exact) mass is 510 g/mol. The van der Waals surface area contributed by atoms with Gasteiger partial charge in [-0.3, -0.25) is 9.47 Å². The normalized spacial score (nSPS) is 19.1. The molecule has 188 valence electrons. The van der Waals surface area contributed by atoms with Crippen molar-refractivity contribution in [1.29, 1.82) is 0 Å². The van der Waals surface area contributed by atoms with Crippen molar-refractivity contribution < 1.29 is 13.9 Å². The van der Waals surface area contributed by atoms with E-state index in [1.165, 1.54) is 12.3 Å². The first kappa shape index (κ1) is 23.2. The maximum atomic E-state index is 13.2. The molecule has 1 saturated heterocycles. The highest BCUT2D eigenvalue weighted by Crippen LogP contribution is 2.56. The van der Waals surface area contributed by atoms with Crippen LogP contribution in [-0.2, 0) is 17.8 Å². The van der Waals surface area contributed by atoms with Crippen LogP contribution >= 0.6 is 11.6 Å². The third kappa shape index (κ3) is 3.99. The molecule has 3 aromatic rings. The van der Waals surface area contributed by atoms with Crippen LogP contribution < -0.4 is 4.90 Å². The SMILES string of the molecule is CC[C@H](C)OC(=O)N1Cc2cc(Cl)ccc2-n2c(nnc2C2CC3(C2)CN(c2ccc(F)cn2)C3)C1. The molecule has 1 aliphatic carbocycles. The first-order valence-corrected chi connectivity index (χ1v) is 12.8. The predicted octanol–water partition coefficient (Wildman–Crippen LogP) is 5.09. The lowest BCUT2D eigenvalue weighted by Crippen LogP contribution is -2.62. The zero-order valence-electron chi connectivity index (χ0n) is 20.3. The van der Waals surface area contributed by atoms with E-state index in [0.717, 1.165) is 61.1 Å². The van der Waals surface area contributed by atoms with Gasteiger partial charge in [0.05, 0.1) is 25.0 Å². The number of pyridine rings is 1. The molecular formula is C26H28ClFN6O2. The molecule has 0 unspecified atom stereocenters. The second kappa shape index (κ2) is 8.73. The summed E-state index contributed by atoms with van der Waals surface area (Å²) in [6.45, 7) is 6.40. The van der Waals surface area contributed by atoms with E-state index in [2.05, 4.69) is 24.6 Å². The lowest BCUT2D eigenvalue weighted by atomic mass is 9.57. The minimum atomic E-state index is -0.361. The number of hydrogen-bond acceptors (Lipinski definition) is 6. The average Bonchev–Trinajstić information content (AvgIpc) is 3.13. The number of halogens is 2. The van der Waals surface area contributed by atoms with Gasteiger partial charge < -0.3 is 9.64 Å². The molecule has 3 aliphatic rings. The average molecular weight is 511 g/mol. The molecule has 2 aliphatic heterocycles. The van der Waals surface area contributed by atoms with Crippen LogP contribution in [0.25, 0.3) is 5.69 Å². The van der Waals surface area contributed by atoms with Crippen molar-refractivity contribution in [3.05, 3.63) is 64.6 Å². The molecule has 2 fully saturated rings. The Morgan fingerprint density at radius 2 is 2.03 bits per heavy atom. The van der Waals surface area contributed by atoms with E-state index in [1.807, 2.05) is 32.0 Å². The summed E-state index contributed by atoms with van der Waals surface area (Å²) in [6, 6.07) is 8.94. The summed E-state index contributed by atoms with van der Waals surface area (Å²) in [4.78, 5) is 21.0. The fraction of sp³-hybridized carbons (Fsp3) is 0.462. The van der Waals surface area contributed by atoms with E-state index in [4.69, 9.17) is 16.3 Å². The molecule has 1 atom stereocenters. The predicted molar refractivity (Wildman–Crippen MR) is 133 cm³/mol. The molecule has 4 heterocycles. The number of nitrogens with zero attached hydrogens (tertiary/aromatic N) is 6. The van der Waals surface area contributed by atoms with E-state index in [1.54, 1.807) is 11.0 Å². The first-order valence-electron chi connectivity index (χ1n) is 12.4. The zero-order valence-corrected chi connectivity index (χ0v) is 21.1. The quantitative estimate of drug-likeness (QED) is 0.486. The molecule has 10 heteroatoms. The number of hydrogen-bond donors (Lipinski definition) is 0. The molecular weight excluding hydrogens is 483 g/mol. The van der Waals surface area contributed by atoms with Gasteiger partial charge in [-0.1, -0.05) is 18.5 Å². The first-order chi connectivity index (χ1) is 17.3. The Morgan fingerprint density at radius 3 is 2.75 bits per heavy atom. The van der Waals surface area contributed by atoms with Gasteiger partial charge in [0.25, 0.3) is 0 Å². The highest BCUT2D eigenvalue weighted by Gasteiger charge is 2.54. The number of ether oxygens (including phenoxy) is 1. The van der Waals surface area contributed by atoms with Gasteiger partial charge in [-0.05, 0) is 62.1 Å². The van der Waals surface area contributed by atoms with Crippen LogP contribution in [0, 0.1) is 11.2 Å². The van der Waals surface area contributed by atoms with Crippen molar-refractivity contribution in [2.45, 2.75) is 58.2 Å². The molecule has 1 saturated carbocycles. The molecule has 0 bridgehead atoms. The zero-order chi connectivity index (χ0) is 25.0. The summed E-state index contributed by atoms with van der Waals surface area (Å²) in [5, 5.41) is 9.73. The standard InChI is InChI=1S/C26H28ClFN6O2/c1-3-16(2)36-25(35)32-12-17-8-19(27)4-6-21(17)34-23(13-32)30-31-24(34)18-9-26(10-18)14-33(15-26)22-7-5-20(28)11-29-22/h4-8,11,16,18H,3,9-10,12-15H2,1-2H3/t16-/m0/s1. The second-order valence-corrected chi connectivity index (χ2v) is 10.8. The van der Waals surface area contributed by atoms with Crippen LogP contribution in [0.15, 0.2) is 36.5 Å². The summed E-state index contributed by atoms with van der Waals surface area (Å²) in [5.74, 6) is 2.42. The number of benzene rings is 1. The molecule has 1 spiro atoms. The number of carbonyl (C=O) groups excluding carboxylic acids is 1.